The summed E-state index contributed by atoms with van der Waals surface area (Å²) in [7, 11) is 0. The number of nitrogens with zero attached hydrogens (tertiary/aromatic N) is 1. The van der Waals surface area contributed by atoms with Crippen molar-refractivity contribution in [2.75, 3.05) is 18.4 Å². The van der Waals surface area contributed by atoms with Gasteiger partial charge in [0.25, 0.3) is 0 Å². The van der Waals surface area contributed by atoms with Gasteiger partial charge in [-0.05, 0) is 43.4 Å². The SMILES string of the molecule is O=C(O)C1CCN(C(=O)NCc2cccc(NC(=O)C3CCCCC3)c2)CC1. The molecule has 2 fully saturated rings. The largest absolute Gasteiger partial charge is 0.481 e. The third kappa shape index (κ3) is 5.47. The van der Waals surface area contributed by atoms with E-state index in [1.807, 2.05) is 24.3 Å². The van der Waals surface area contributed by atoms with Crippen molar-refractivity contribution in [1.29, 1.82) is 0 Å². The maximum absolute atomic E-state index is 12.4. The normalized spacial score (nSPS) is 18.5. The molecule has 1 heterocycles. The van der Waals surface area contributed by atoms with E-state index in [-0.39, 0.29) is 23.8 Å². The molecule has 0 radical (unpaired) electrons. The molecule has 0 aromatic heterocycles. The number of piperidine rings is 1. The number of nitrogens with one attached hydrogen (secondary N) is 2. The van der Waals surface area contributed by atoms with Crippen LogP contribution in [0.1, 0.15) is 50.5 Å². The molecule has 1 aliphatic carbocycles. The van der Waals surface area contributed by atoms with Crippen LogP contribution in [0, 0.1) is 11.8 Å². The highest BCUT2D eigenvalue weighted by molar-refractivity contribution is 5.92. The lowest BCUT2D eigenvalue weighted by Gasteiger charge is -2.30. The summed E-state index contributed by atoms with van der Waals surface area (Å²) < 4.78 is 0. The maximum Gasteiger partial charge on any atom is 0.317 e. The molecule has 0 spiro atoms. The van der Waals surface area contributed by atoms with Gasteiger partial charge in [0.2, 0.25) is 5.91 Å². The Bertz CT molecular complexity index is 707. The predicted molar refractivity (Wildman–Crippen MR) is 106 cm³/mol. The van der Waals surface area contributed by atoms with Crippen molar-refractivity contribution in [1.82, 2.24) is 10.2 Å². The molecule has 7 nitrogen and oxygen atoms in total. The fourth-order valence-electron chi connectivity index (χ4n) is 3.99. The number of carbonyl (C=O) groups is 3. The number of benzene rings is 1. The molecule has 3 rings (SSSR count). The van der Waals surface area contributed by atoms with Crippen LogP contribution in [0.2, 0.25) is 0 Å². The first-order valence-corrected chi connectivity index (χ1v) is 10.2. The van der Waals surface area contributed by atoms with Crippen LogP contribution in [-0.2, 0) is 16.1 Å². The number of urea groups is 1. The molecule has 0 atom stereocenters. The first kappa shape index (κ1) is 20.2. The van der Waals surface area contributed by atoms with Gasteiger partial charge in [-0.25, -0.2) is 4.79 Å². The molecule has 0 unspecified atom stereocenters. The summed E-state index contributed by atoms with van der Waals surface area (Å²) in [6, 6.07) is 7.35. The van der Waals surface area contributed by atoms with Gasteiger partial charge in [0.1, 0.15) is 0 Å². The highest BCUT2D eigenvalue weighted by atomic mass is 16.4. The average molecular weight is 387 g/mol. The number of amides is 3. The van der Waals surface area contributed by atoms with Gasteiger partial charge in [0, 0.05) is 31.2 Å². The Morgan fingerprint density at radius 1 is 1.00 bits per heavy atom. The second-order valence-corrected chi connectivity index (χ2v) is 7.78. The van der Waals surface area contributed by atoms with Crippen LogP contribution in [0.15, 0.2) is 24.3 Å². The Hall–Kier alpha value is -2.57. The van der Waals surface area contributed by atoms with Gasteiger partial charge in [0.15, 0.2) is 0 Å². The lowest BCUT2D eigenvalue weighted by atomic mass is 9.88. The van der Waals surface area contributed by atoms with E-state index in [0.29, 0.717) is 32.5 Å². The summed E-state index contributed by atoms with van der Waals surface area (Å²) in [5, 5.41) is 14.9. The molecule has 1 saturated heterocycles. The minimum absolute atomic E-state index is 0.0854. The summed E-state index contributed by atoms with van der Waals surface area (Å²) in [6.45, 7) is 1.28. The van der Waals surface area contributed by atoms with E-state index in [2.05, 4.69) is 10.6 Å². The molecular weight excluding hydrogens is 358 g/mol. The van der Waals surface area contributed by atoms with Crippen molar-refractivity contribution in [2.24, 2.45) is 11.8 Å². The van der Waals surface area contributed by atoms with Gasteiger partial charge in [0.05, 0.1) is 5.92 Å². The van der Waals surface area contributed by atoms with Crippen molar-refractivity contribution < 1.29 is 19.5 Å². The van der Waals surface area contributed by atoms with Crippen LogP contribution in [0.3, 0.4) is 0 Å². The number of likely N-dealkylation sites (tertiary alicyclic amines) is 1. The molecular formula is C21H29N3O4. The summed E-state index contributed by atoms with van der Waals surface area (Å²) in [5.74, 6) is -0.950. The number of anilines is 1. The van der Waals surface area contributed by atoms with E-state index in [1.165, 1.54) is 6.42 Å². The van der Waals surface area contributed by atoms with E-state index in [9.17, 15) is 14.4 Å². The van der Waals surface area contributed by atoms with Crippen LogP contribution in [0.5, 0.6) is 0 Å². The minimum Gasteiger partial charge on any atom is -0.481 e. The minimum atomic E-state index is -0.785. The van der Waals surface area contributed by atoms with E-state index in [1.54, 1.807) is 4.90 Å². The summed E-state index contributed by atoms with van der Waals surface area (Å²) in [5.41, 5.74) is 1.67. The molecule has 0 bridgehead atoms. The lowest BCUT2D eigenvalue weighted by molar-refractivity contribution is -0.143. The number of hydrogen-bond acceptors (Lipinski definition) is 3. The average Bonchev–Trinajstić information content (AvgIpc) is 2.73. The quantitative estimate of drug-likeness (QED) is 0.722. The number of carbonyl (C=O) groups excluding carboxylic acids is 2. The summed E-state index contributed by atoms with van der Waals surface area (Å²) >= 11 is 0. The first-order chi connectivity index (χ1) is 13.5. The molecule has 3 N–H and O–H groups in total. The summed E-state index contributed by atoms with van der Waals surface area (Å²) in [4.78, 5) is 37.4. The zero-order chi connectivity index (χ0) is 19.9. The number of rotatable bonds is 5. The number of aliphatic carboxylic acids is 1. The lowest BCUT2D eigenvalue weighted by Crippen LogP contribution is -2.45. The van der Waals surface area contributed by atoms with Crippen LogP contribution in [0.25, 0.3) is 0 Å². The van der Waals surface area contributed by atoms with E-state index in [0.717, 1.165) is 36.9 Å². The Labute approximate surface area is 165 Å². The number of carboxylic acid groups (broad SMARTS) is 1. The molecule has 1 aliphatic heterocycles. The molecule has 7 heteroatoms. The molecule has 1 saturated carbocycles. The molecule has 28 heavy (non-hydrogen) atoms. The monoisotopic (exact) mass is 387 g/mol. The molecule has 3 amide bonds. The highest BCUT2D eigenvalue weighted by Crippen LogP contribution is 2.25. The van der Waals surface area contributed by atoms with E-state index >= 15 is 0 Å². The smallest absolute Gasteiger partial charge is 0.317 e. The first-order valence-electron chi connectivity index (χ1n) is 10.2. The van der Waals surface area contributed by atoms with Gasteiger partial charge in [-0.3, -0.25) is 9.59 Å². The zero-order valence-corrected chi connectivity index (χ0v) is 16.2. The Balaban J connectivity index is 1.47. The van der Waals surface area contributed by atoms with Gasteiger partial charge < -0.3 is 20.6 Å². The molecule has 2 aliphatic rings. The van der Waals surface area contributed by atoms with Crippen molar-refractivity contribution in [3.8, 4) is 0 Å². The van der Waals surface area contributed by atoms with Crippen molar-refractivity contribution in [3.05, 3.63) is 29.8 Å². The van der Waals surface area contributed by atoms with E-state index < -0.39 is 5.97 Å². The van der Waals surface area contributed by atoms with Gasteiger partial charge >= 0.3 is 12.0 Å². The predicted octanol–water partition coefficient (Wildman–Crippen LogP) is 3.21. The zero-order valence-electron chi connectivity index (χ0n) is 16.2. The fourth-order valence-corrected chi connectivity index (χ4v) is 3.99. The third-order valence-corrected chi connectivity index (χ3v) is 5.75. The van der Waals surface area contributed by atoms with Crippen LogP contribution in [0.4, 0.5) is 10.5 Å². The molecule has 1 aromatic carbocycles. The Morgan fingerprint density at radius 3 is 2.39 bits per heavy atom. The van der Waals surface area contributed by atoms with Gasteiger partial charge in [-0.15, -0.1) is 0 Å². The van der Waals surface area contributed by atoms with Gasteiger partial charge in [-0.2, -0.15) is 0 Å². The summed E-state index contributed by atoms with van der Waals surface area (Å²) in [6.07, 6.45) is 6.35. The van der Waals surface area contributed by atoms with Crippen molar-refractivity contribution in [3.63, 3.8) is 0 Å². The fraction of sp³-hybridized carbons (Fsp3) is 0.571. The maximum atomic E-state index is 12.4. The highest BCUT2D eigenvalue weighted by Gasteiger charge is 2.26. The van der Waals surface area contributed by atoms with Crippen molar-refractivity contribution >= 4 is 23.6 Å². The van der Waals surface area contributed by atoms with Crippen LogP contribution >= 0.6 is 0 Å². The standard InChI is InChI=1S/C21H29N3O4/c25-19(16-6-2-1-3-7-16)23-18-8-4-5-15(13-18)14-22-21(28)24-11-9-17(10-12-24)20(26)27/h4-5,8,13,16-17H,1-3,6-7,9-12,14H2,(H,22,28)(H,23,25)(H,26,27). The second kappa shape index (κ2) is 9.57. The van der Waals surface area contributed by atoms with Crippen LogP contribution < -0.4 is 10.6 Å². The van der Waals surface area contributed by atoms with Crippen molar-refractivity contribution in [2.45, 2.75) is 51.5 Å². The van der Waals surface area contributed by atoms with Crippen LogP contribution in [-0.4, -0.2) is 41.0 Å². The number of hydrogen-bond donors (Lipinski definition) is 3. The number of carboxylic acids is 1. The Kier molecular flexibility index (Phi) is 6.90. The van der Waals surface area contributed by atoms with E-state index in [4.69, 9.17) is 5.11 Å². The molecule has 152 valence electrons. The second-order valence-electron chi connectivity index (χ2n) is 7.78. The van der Waals surface area contributed by atoms with Gasteiger partial charge in [-0.1, -0.05) is 31.4 Å². The third-order valence-electron chi connectivity index (χ3n) is 5.75. The topological polar surface area (TPSA) is 98.7 Å². The Morgan fingerprint density at radius 2 is 1.71 bits per heavy atom. The molecule has 1 aromatic rings.